The summed E-state index contributed by atoms with van der Waals surface area (Å²) in [5, 5.41) is 9.85. The largest absolute Gasteiger partial charge is 0.378 e. The number of ether oxygens (including phenoxy) is 1. The lowest BCUT2D eigenvalue weighted by Gasteiger charge is -2.27. The molecule has 0 radical (unpaired) electrons. The molecule has 2 aromatic heterocycles. The fraction of sp³-hybridized carbons (Fsp3) is 0.346. The number of nitrogens with one attached hydrogen (secondary N) is 1. The predicted molar refractivity (Wildman–Crippen MR) is 142 cm³/mol. The number of aryl methyl sites for hydroxylation is 1. The second kappa shape index (κ2) is 10.6. The molecule has 3 heterocycles. The number of anilines is 3. The standard InChI is InChI=1S/C26H30ClN7O/c1-32(2)10-3-11-34-24-16-19(4-5-20(24)18-28-34)23-17-25(29-22-8-6-21(27)7-9-22)31-26(30-23)33-12-14-35-15-13-33/h4-9,16-18H,3,10-15H2,1-2H3,(H,29,30,31). The minimum atomic E-state index is 0.672. The maximum atomic E-state index is 6.06. The van der Waals surface area contributed by atoms with E-state index in [4.69, 9.17) is 26.3 Å². The molecule has 1 N–H and O–H groups in total. The van der Waals surface area contributed by atoms with Crippen LogP contribution < -0.4 is 10.2 Å². The van der Waals surface area contributed by atoms with E-state index in [-0.39, 0.29) is 0 Å². The number of hydrogen-bond acceptors (Lipinski definition) is 7. The normalized spacial score (nSPS) is 14.1. The molecule has 182 valence electrons. The lowest BCUT2D eigenvalue weighted by Crippen LogP contribution is -2.37. The molecule has 0 bridgehead atoms. The van der Waals surface area contributed by atoms with Crippen LogP contribution in [0.1, 0.15) is 6.42 Å². The van der Waals surface area contributed by atoms with Gasteiger partial charge in [-0.05, 0) is 57.4 Å². The van der Waals surface area contributed by atoms with Gasteiger partial charge in [0.1, 0.15) is 5.82 Å². The van der Waals surface area contributed by atoms with Gasteiger partial charge in [0.2, 0.25) is 5.95 Å². The van der Waals surface area contributed by atoms with Crippen LogP contribution in [0.4, 0.5) is 17.5 Å². The van der Waals surface area contributed by atoms with E-state index in [1.54, 1.807) is 0 Å². The second-order valence-corrected chi connectivity index (χ2v) is 9.40. The summed E-state index contributed by atoms with van der Waals surface area (Å²) in [6.45, 7) is 4.77. The smallest absolute Gasteiger partial charge is 0.228 e. The second-order valence-electron chi connectivity index (χ2n) is 8.97. The van der Waals surface area contributed by atoms with Gasteiger partial charge in [0, 0.05) is 47.4 Å². The van der Waals surface area contributed by atoms with Gasteiger partial charge in [-0.15, -0.1) is 0 Å². The van der Waals surface area contributed by atoms with Crippen molar-refractivity contribution >= 4 is 40.0 Å². The number of nitrogens with zero attached hydrogens (tertiary/aromatic N) is 6. The molecule has 5 rings (SSSR count). The van der Waals surface area contributed by atoms with Crippen molar-refractivity contribution in [2.75, 3.05) is 57.2 Å². The van der Waals surface area contributed by atoms with Gasteiger partial charge in [-0.25, -0.2) is 4.98 Å². The Labute approximate surface area is 210 Å². The van der Waals surface area contributed by atoms with Crippen molar-refractivity contribution in [1.82, 2.24) is 24.6 Å². The Kier molecular flexibility index (Phi) is 7.13. The van der Waals surface area contributed by atoms with E-state index < -0.39 is 0 Å². The van der Waals surface area contributed by atoms with Gasteiger partial charge in [-0.2, -0.15) is 10.1 Å². The molecule has 1 fully saturated rings. The van der Waals surface area contributed by atoms with Crippen LogP contribution in [-0.4, -0.2) is 71.6 Å². The van der Waals surface area contributed by atoms with Crippen LogP contribution in [0.2, 0.25) is 5.02 Å². The van der Waals surface area contributed by atoms with E-state index >= 15 is 0 Å². The van der Waals surface area contributed by atoms with Gasteiger partial charge < -0.3 is 19.9 Å². The quantitative estimate of drug-likeness (QED) is 0.383. The minimum Gasteiger partial charge on any atom is -0.378 e. The highest BCUT2D eigenvalue weighted by Crippen LogP contribution is 2.28. The summed E-state index contributed by atoms with van der Waals surface area (Å²) in [4.78, 5) is 14.1. The summed E-state index contributed by atoms with van der Waals surface area (Å²) in [5.74, 6) is 1.43. The van der Waals surface area contributed by atoms with Gasteiger partial charge >= 0.3 is 0 Å². The van der Waals surface area contributed by atoms with Crippen LogP contribution in [0.15, 0.2) is 54.7 Å². The van der Waals surface area contributed by atoms with Gasteiger partial charge in [0.05, 0.1) is 30.6 Å². The molecule has 0 atom stereocenters. The Morgan fingerprint density at radius 2 is 1.83 bits per heavy atom. The molecular formula is C26H30ClN7O. The molecule has 2 aromatic carbocycles. The van der Waals surface area contributed by atoms with E-state index in [9.17, 15) is 0 Å². The van der Waals surface area contributed by atoms with Crippen molar-refractivity contribution in [1.29, 1.82) is 0 Å². The Morgan fingerprint density at radius 3 is 2.60 bits per heavy atom. The Hall–Kier alpha value is -3.20. The number of hydrogen-bond donors (Lipinski definition) is 1. The van der Waals surface area contributed by atoms with Crippen molar-refractivity contribution in [2.24, 2.45) is 0 Å². The topological polar surface area (TPSA) is 71.3 Å². The van der Waals surface area contributed by atoms with Crippen LogP contribution in [-0.2, 0) is 11.3 Å². The van der Waals surface area contributed by atoms with Gasteiger partial charge in [-0.1, -0.05) is 23.7 Å². The molecule has 0 aliphatic carbocycles. The number of fused-ring (bicyclic) bond motifs is 1. The van der Waals surface area contributed by atoms with Gasteiger partial charge in [0.15, 0.2) is 0 Å². The molecule has 35 heavy (non-hydrogen) atoms. The fourth-order valence-electron chi connectivity index (χ4n) is 4.18. The van der Waals surface area contributed by atoms with E-state index in [0.717, 1.165) is 66.3 Å². The summed E-state index contributed by atoms with van der Waals surface area (Å²) in [5.41, 5.74) is 3.92. The third-order valence-corrected chi connectivity index (χ3v) is 6.29. The number of halogens is 1. The third-order valence-electron chi connectivity index (χ3n) is 6.04. The van der Waals surface area contributed by atoms with Crippen LogP contribution in [0.3, 0.4) is 0 Å². The van der Waals surface area contributed by atoms with Crippen LogP contribution >= 0.6 is 11.6 Å². The molecule has 1 aliphatic rings. The van der Waals surface area contributed by atoms with Crippen molar-refractivity contribution in [2.45, 2.75) is 13.0 Å². The minimum absolute atomic E-state index is 0.672. The highest BCUT2D eigenvalue weighted by molar-refractivity contribution is 6.30. The SMILES string of the molecule is CN(C)CCCn1ncc2ccc(-c3cc(Nc4ccc(Cl)cc4)nc(N4CCOCC4)n3)cc21. The number of aromatic nitrogens is 4. The average Bonchev–Trinajstić information content (AvgIpc) is 3.28. The lowest BCUT2D eigenvalue weighted by atomic mass is 10.1. The zero-order valence-corrected chi connectivity index (χ0v) is 20.9. The summed E-state index contributed by atoms with van der Waals surface area (Å²) in [6.07, 6.45) is 2.97. The van der Waals surface area contributed by atoms with Crippen molar-refractivity contribution in [3.05, 3.63) is 59.8 Å². The lowest BCUT2D eigenvalue weighted by molar-refractivity contribution is 0.122. The Bertz CT molecular complexity index is 1280. The first-order valence-corrected chi connectivity index (χ1v) is 12.3. The Morgan fingerprint density at radius 1 is 1.03 bits per heavy atom. The van der Waals surface area contributed by atoms with Crippen LogP contribution in [0.25, 0.3) is 22.2 Å². The summed E-state index contributed by atoms with van der Waals surface area (Å²) in [6, 6.07) is 16.0. The van der Waals surface area contributed by atoms with Crippen molar-refractivity contribution < 1.29 is 4.74 Å². The van der Waals surface area contributed by atoms with Gasteiger partial charge in [-0.3, -0.25) is 4.68 Å². The predicted octanol–water partition coefficient (Wildman–Crippen LogP) is 4.68. The molecule has 1 saturated heterocycles. The zero-order valence-electron chi connectivity index (χ0n) is 20.1. The van der Waals surface area contributed by atoms with E-state index in [1.165, 1.54) is 0 Å². The highest BCUT2D eigenvalue weighted by atomic mass is 35.5. The Balaban J connectivity index is 1.50. The number of morpholine rings is 1. The third kappa shape index (κ3) is 5.73. The maximum absolute atomic E-state index is 6.06. The number of rotatable bonds is 8. The molecule has 0 spiro atoms. The highest BCUT2D eigenvalue weighted by Gasteiger charge is 2.17. The van der Waals surface area contributed by atoms with E-state index in [2.05, 4.69) is 57.2 Å². The first-order valence-electron chi connectivity index (χ1n) is 11.9. The fourth-order valence-corrected chi connectivity index (χ4v) is 4.30. The summed E-state index contributed by atoms with van der Waals surface area (Å²) >= 11 is 6.06. The molecule has 0 amide bonds. The van der Waals surface area contributed by atoms with Crippen molar-refractivity contribution in [3.8, 4) is 11.3 Å². The summed E-state index contributed by atoms with van der Waals surface area (Å²) < 4.78 is 7.62. The van der Waals surface area contributed by atoms with E-state index in [1.807, 2.05) is 36.5 Å². The van der Waals surface area contributed by atoms with Crippen LogP contribution in [0, 0.1) is 0 Å². The van der Waals surface area contributed by atoms with Crippen LogP contribution in [0.5, 0.6) is 0 Å². The molecule has 1 aliphatic heterocycles. The van der Waals surface area contributed by atoms with Gasteiger partial charge in [0.25, 0.3) is 0 Å². The molecule has 8 nitrogen and oxygen atoms in total. The first-order chi connectivity index (χ1) is 17.0. The number of benzene rings is 2. The summed E-state index contributed by atoms with van der Waals surface area (Å²) in [7, 11) is 4.19. The van der Waals surface area contributed by atoms with Crippen molar-refractivity contribution in [3.63, 3.8) is 0 Å². The molecule has 4 aromatic rings. The molecular weight excluding hydrogens is 462 g/mol. The van der Waals surface area contributed by atoms with E-state index in [0.29, 0.717) is 24.2 Å². The average molecular weight is 492 g/mol. The first kappa shape index (κ1) is 23.5. The molecule has 0 unspecified atom stereocenters. The monoisotopic (exact) mass is 491 g/mol. The maximum Gasteiger partial charge on any atom is 0.228 e. The zero-order chi connectivity index (χ0) is 24.2. The molecule has 9 heteroatoms. The molecule has 0 saturated carbocycles.